The van der Waals surface area contributed by atoms with Gasteiger partial charge in [-0.3, -0.25) is 14.9 Å². The molecule has 0 aliphatic heterocycles. The van der Waals surface area contributed by atoms with Crippen molar-refractivity contribution in [2.75, 3.05) is 19.8 Å². The second kappa shape index (κ2) is 11.7. The van der Waals surface area contributed by atoms with Gasteiger partial charge in [-0.2, -0.15) is 13.2 Å². The van der Waals surface area contributed by atoms with Gasteiger partial charge in [-0.25, -0.2) is 0 Å². The Bertz CT molecular complexity index is 981. The quantitative estimate of drug-likeness (QED) is 0.234. The van der Waals surface area contributed by atoms with Crippen molar-refractivity contribution in [3.8, 4) is 22.8 Å². The number of unbranched alkanes of at least 4 members (excludes halogenated alkanes) is 2. The molecule has 0 atom stereocenters. The molecule has 0 spiro atoms. The molecule has 1 N–H and O–H groups in total. The molecule has 0 bridgehead atoms. The van der Waals surface area contributed by atoms with Crippen LogP contribution in [0.3, 0.4) is 0 Å². The Morgan fingerprint density at radius 1 is 1.18 bits per heavy atom. The molecule has 182 valence electrons. The zero-order valence-corrected chi connectivity index (χ0v) is 18.7. The van der Waals surface area contributed by atoms with Crippen molar-refractivity contribution < 1.29 is 36.9 Å². The van der Waals surface area contributed by atoms with E-state index in [4.69, 9.17) is 25.6 Å². The van der Waals surface area contributed by atoms with Crippen molar-refractivity contribution >= 4 is 23.2 Å². The number of carbonyl (C=O) groups excluding carboxylic acids is 1. The molecule has 33 heavy (non-hydrogen) atoms. The van der Waals surface area contributed by atoms with E-state index in [0.29, 0.717) is 13.0 Å². The molecule has 0 radical (unpaired) electrons. The van der Waals surface area contributed by atoms with Crippen LogP contribution >= 0.6 is 11.6 Å². The number of carbonyl (C=O) groups is 1. The fraction of sp³-hybridized carbons (Fsp3) is 0.500. The van der Waals surface area contributed by atoms with E-state index in [2.05, 4.69) is 5.16 Å². The minimum atomic E-state index is -4.71. The number of aromatic nitrogens is 1. The maximum Gasteiger partial charge on any atom is 0.405 e. The first kappa shape index (κ1) is 26.2. The van der Waals surface area contributed by atoms with Gasteiger partial charge in [0.15, 0.2) is 0 Å². The highest BCUT2D eigenvalue weighted by Gasteiger charge is 2.36. The van der Waals surface area contributed by atoms with Gasteiger partial charge in [0.2, 0.25) is 11.5 Å². The summed E-state index contributed by atoms with van der Waals surface area (Å²) in [5, 5.41) is 16.7. The van der Waals surface area contributed by atoms with Crippen LogP contribution in [0.1, 0.15) is 50.0 Å². The zero-order valence-electron chi connectivity index (χ0n) is 18.0. The fourth-order valence-corrected chi connectivity index (χ4v) is 2.86. The van der Waals surface area contributed by atoms with Crippen LogP contribution < -0.4 is 14.8 Å². The van der Waals surface area contributed by atoms with Gasteiger partial charge >= 0.3 is 11.9 Å². The maximum atomic E-state index is 12.4. The largest absolute Gasteiger partial charge is 0.493 e. The number of benzene rings is 1. The molecule has 0 saturated carbocycles. The van der Waals surface area contributed by atoms with Gasteiger partial charge in [0.1, 0.15) is 18.0 Å². The van der Waals surface area contributed by atoms with Gasteiger partial charge in [0.25, 0.3) is 5.91 Å². The van der Waals surface area contributed by atoms with Crippen molar-refractivity contribution in [2.45, 2.75) is 45.7 Å². The number of halogens is 4. The fourth-order valence-electron chi connectivity index (χ4n) is 2.64. The van der Waals surface area contributed by atoms with Gasteiger partial charge in [0, 0.05) is 6.07 Å². The third-order valence-electron chi connectivity index (χ3n) is 4.30. The van der Waals surface area contributed by atoms with Crippen molar-refractivity contribution in [1.29, 1.82) is 0 Å². The Morgan fingerprint density at radius 3 is 2.33 bits per heavy atom. The molecule has 13 heteroatoms. The molecule has 0 unspecified atom stereocenters. The lowest BCUT2D eigenvalue weighted by Gasteiger charge is -2.14. The van der Waals surface area contributed by atoms with Crippen LogP contribution in [0.4, 0.5) is 18.9 Å². The predicted molar refractivity (Wildman–Crippen MR) is 113 cm³/mol. The molecule has 2 rings (SSSR count). The maximum absolute atomic E-state index is 12.4. The third-order valence-corrected chi connectivity index (χ3v) is 4.60. The molecule has 1 aromatic heterocycles. The number of ether oxygens (including phenoxy) is 2. The molecule has 0 saturated heterocycles. The van der Waals surface area contributed by atoms with Crippen LogP contribution in [0.15, 0.2) is 16.7 Å². The lowest BCUT2D eigenvalue weighted by Crippen LogP contribution is -2.34. The van der Waals surface area contributed by atoms with E-state index in [9.17, 15) is 28.1 Å². The number of rotatable bonds is 12. The average molecular weight is 494 g/mol. The van der Waals surface area contributed by atoms with E-state index in [1.807, 2.05) is 13.8 Å². The standard InChI is InChI=1S/C20H23ClF3N3O6/c1-3-5-7-31-14-10-15(32-8-6-4-2)13(21)9-12(14)18-17(27(29)30)16(26-33-18)19(28)25-11-20(22,23)24/h9-10H,3-8,11H2,1-2H3,(H,25,28). The van der Waals surface area contributed by atoms with E-state index < -0.39 is 40.7 Å². The molecule has 0 aliphatic rings. The number of alkyl halides is 3. The first-order chi connectivity index (χ1) is 15.6. The van der Waals surface area contributed by atoms with Crippen LogP contribution in [0.2, 0.25) is 5.02 Å². The number of hydrogen-bond donors (Lipinski definition) is 1. The van der Waals surface area contributed by atoms with E-state index in [0.717, 1.165) is 19.3 Å². The summed E-state index contributed by atoms with van der Waals surface area (Å²) in [5.41, 5.74) is -1.81. The average Bonchev–Trinajstić information content (AvgIpc) is 3.19. The molecule has 2 aromatic rings. The number of nitrogens with zero attached hydrogens (tertiary/aromatic N) is 2. The van der Waals surface area contributed by atoms with Gasteiger partial charge in [-0.1, -0.05) is 43.4 Å². The first-order valence-electron chi connectivity index (χ1n) is 10.2. The molecule has 1 amide bonds. The monoisotopic (exact) mass is 493 g/mol. The van der Waals surface area contributed by atoms with Crippen LogP contribution in [0, 0.1) is 10.1 Å². The first-order valence-corrected chi connectivity index (χ1v) is 10.5. The number of amides is 1. The zero-order chi connectivity index (χ0) is 24.6. The second-order valence-electron chi connectivity index (χ2n) is 6.95. The summed E-state index contributed by atoms with van der Waals surface area (Å²) in [6.45, 7) is 2.89. The van der Waals surface area contributed by atoms with E-state index >= 15 is 0 Å². The van der Waals surface area contributed by atoms with Crippen molar-refractivity contribution in [3.63, 3.8) is 0 Å². The normalized spacial score (nSPS) is 11.3. The number of nitro groups is 1. The van der Waals surface area contributed by atoms with Crippen molar-refractivity contribution in [2.24, 2.45) is 0 Å². The summed E-state index contributed by atoms with van der Waals surface area (Å²) in [6.07, 6.45) is -1.56. The summed E-state index contributed by atoms with van der Waals surface area (Å²) in [4.78, 5) is 22.8. The van der Waals surface area contributed by atoms with Crippen molar-refractivity contribution in [3.05, 3.63) is 33.0 Å². The molecule has 0 fully saturated rings. The lowest BCUT2D eigenvalue weighted by atomic mass is 10.1. The molecule has 9 nitrogen and oxygen atoms in total. The van der Waals surface area contributed by atoms with Crippen LogP contribution in [-0.2, 0) is 0 Å². The van der Waals surface area contributed by atoms with E-state index in [1.54, 1.807) is 0 Å². The minimum absolute atomic E-state index is 0.00742. The van der Waals surface area contributed by atoms with Gasteiger partial charge in [0.05, 0.1) is 28.7 Å². The highest BCUT2D eigenvalue weighted by Crippen LogP contribution is 2.43. The second-order valence-corrected chi connectivity index (χ2v) is 7.35. The summed E-state index contributed by atoms with van der Waals surface area (Å²) >= 11 is 6.28. The Balaban J connectivity index is 2.50. The molecule has 0 aliphatic carbocycles. The van der Waals surface area contributed by atoms with E-state index in [-0.39, 0.29) is 28.7 Å². The van der Waals surface area contributed by atoms with Crippen LogP contribution in [0.5, 0.6) is 11.5 Å². The topological polar surface area (TPSA) is 117 Å². The summed E-state index contributed by atoms with van der Waals surface area (Å²) in [6, 6.07) is 2.74. The summed E-state index contributed by atoms with van der Waals surface area (Å²) < 4.78 is 53.7. The van der Waals surface area contributed by atoms with Crippen LogP contribution in [-0.4, -0.2) is 41.9 Å². The molecule has 1 heterocycles. The number of hydrogen-bond acceptors (Lipinski definition) is 7. The van der Waals surface area contributed by atoms with Crippen LogP contribution in [0.25, 0.3) is 11.3 Å². The van der Waals surface area contributed by atoms with Crippen molar-refractivity contribution in [1.82, 2.24) is 10.5 Å². The lowest BCUT2D eigenvalue weighted by molar-refractivity contribution is -0.384. The summed E-state index contributed by atoms with van der Waals surface area (Å²) in [5.74, 6) is -1.48. The Hall–Kier alpha value is -3.02. The minimum Gasteiger partial charge on any atom is -0.493 e. The predicted octanol–water partition coefficient (Wildman–Crippen LogP) is 5.55. The number of nitrogens with one attached hydrogen (secondary N) is 1. The van der Waals surface area contributed by atoms with Gasteiger partial charge in [-0.05, 0) is 18.9 Å². The Kier molecular flexibility index (Phi) is 9.32. The molecule has 1 aromatic carbocycles. The smallest absolute Gasteiger partial charge is 0.405 e. The highest BCUT2D eigenvalue weighted by atomic mass is 35.5. The van der Waals surface area contributed by atoms with Gasteiger partial charge < -0.3 is 19.3 Å². The SMILES string of the molecule is CCCCOc1cc(OCCCC)c(-c2onc(C(=O)NCC(F)(F)F)c2[N+](=O)[O-])cc1Cl. The van der Waals surface area contributed by atoms with Gasteiger partial charge in [-0.15, -0.1) is 0 Å². The molecular weight excluding hydrogens is 471 g/mol. The Morgan fingerprint density at radius 2 is 1.79 bits per heavy atom. The van der Waals surface area contributed by atoms with E-state index in [1.165, 1.54) is 17.4 Å². The Labute approximate surface area is 192 Å². The third kappa shape index (κ3) is 7.24. The highest BCUT2D eigenvalue weighted by molar-refractivity contribution is 6.32. The molecular formula is C20H23ClF3N3O6. The summed E-state index contributed by atoms with van der Waals surface area (Å²) in [7, 11) is 0.